The second kappa shape index (κ2) is 7.38. The van der Waals surface area contributed by atoms with Crippen LogP contribution in [0.5, 0.6) is 0 Å². The molecule has 28 heavy (non-hydrogen) atoms. The molecule has 1 aromatic heterocycles. The van der Waals surface area contributed by atoms with Gasteiger partial charge in [-0.2, -0.15) is 13.2 Å². The van der Waals surface area contributed by atoms with E-state index in [2.05, 4.69) is 9.71 Å². The van der Waals surface area contributed by atoms with Crippen LogP contribution >= 0.6 is 0 Å². The van der Waals surface area contributed by atoms with E-state index in [0.29, 0.717) is 18.8 Å². The number of nitrogens with zero attached hydrogens (tertiary/aromatic N) is 1. The zero-order valence-electron chi connectivity index (χ0n) is 14.6. The number of benzene rings is 1. The lowest BCUT2D eigenvalue weighted by molar-refractivity contribution is -0.137. The van der Waals surface area contributed by atoms with E-state index in [-0.39, 0.29) is 16.3 Å². The van der Waals surface area contributed by atoms with E-state index in [0.717, 1.165) is 43.7 Å². The minimum atomic E-state index is -4.63. The maximum absolute atomic E-state index is 13.1. The number of anilines is 2. The van der Waals surface area contributed by atoms with Gasteiger partial charge in [-0.3, -0.25) is 4.72 Å². The first-order valence-corrected chi connectivity index (χ1v) is 9.97. The first-order chi connectivity index (χ1) is 13.1. The van der Waals surface area contributed by atoms with Crippen LogP contribution in [0, 0.1) is 0 Å². The number of aromatic amines is 1. The molecule has 1 aliphatic heterocycles. The maximum Gasteiger partial charge on any atom is 0.416 e. The summed E-state index contributed by atoms with van der Waals surface area (Å²) in [6.07, 6.45) is -0.954. The van der Waals surface area contributed by atoms with Crippen LogP contribution in [0.4, 0.5) is 24.5 Å². The number of carbonyl (C=O) groups is 1. The molecule has 7 nitrogen and oxygen atoms in total. The summed E-state index contributed by atoms with van der Waals surface area (Å²) in [4.78, 5) is 14.7. The first kappa shape index (κ1) is 20.1. The van der Waals surface area contributed by atoms with Gasteiger partial charge in [0.05, 0.1) is 16.9 Å². The summed E-state index contributed by atoms with van der Waals surface area (Å²) in [5, 5.41) is 8.92. The number of sulfonamides is 1. The highest BCUT2D eigenvalue weighted by molar-refractivity contribution is 7.92. The molecule has 0 unspecified atom stereocenters. The fourth-order valence-corrected chi connectivity index (χ4v) is 4.12. The van der Waals surface area contributed by atoms with E-state index in [9.17, 15) is 26.4 Å². The second-order valence-corrected chi connectivity index (χ2v) is 8.12. The van der Waals surface area contributed by atoms with Gasteiger partial charge in [-0.05, 0) is 43.5 Å². The van der Waals surface area contributed by atoms with E-state index in [1.807, 2.05) is 4.90 Å². The zero-order chi connectivity index (χ0) is 20.5. The number of alkyl halides is 3. The molecule has 3 rings (SSSR count). The molecule has 152 valence electrons. The van der Waals surface area contributed by atoms with Crippen LogP contribution in [0.2, 0.25) is 0 Å². The Kier molecular flexibility index (Phi) is 5.28. The molecule has 0 bridgehead atoms. The van der Waals surface area contributed by atoms with Crippen molar-refractivity contribution in [2.24, 2.45) is 0 Å². The summed E-state index contributed by atoms with van der Waals surface area (Å²) < 4.78 is 66.8. The van der Waals surface area contributed by atoms with Crippen molar-refractivity contribution in [1.29, 1.82) is 0 Å². The molecule has 0 spiro atoms. The van der Waals surface area contributed by atoms with Gasteiger partial charge in [0.1, 0.15) is 10.6 Å². The molecule has 1 fully saturated rings. The summed E-state index contributed by atoms with van der Waals surface area (Å²) in [7, 11) is -4.29. The predicted octanol–water partition coefficient (Wildman–Crippen LogP) is 3.52. The van der Waals surface area contributed by atoms with Gasteiger partial charge in [-0.25, -0.2) is 13.2 Å². The maximum atomic E-state index is 13.1. The summed E-state index contributed by atoms with van der Waals surface area (Å²) in [5.41, 5.74) is -1.17. The predicted molar refractivity (Wildman–Crippen MR) is 96.1 cm³/mol. The van der Waals surface area contributed by atoms with Crippen molar-refractivity contribution in [2.45, 2.75) is 30.3 Å². The van der Waals surface area contributed by atoms with Gasteiger partial charge < -0.3 is 15.0 Å². The van der Waals surface area contributed by atoms with Gasteiger partial charge in [-0.1, -0.05) is 0 Å². The van der Waals surface area contributed by atoms with Gasteiger partial charge in [-0.15, -0.1) is 0 Å². The number of H-pyrrole nitrogens is 1. The monoisotopic (exact) mass is 417 g/mol. The number of carboxylic acid groups (broad SMARTS) is 1. The van der Waals surface area contributed by atoms with Crippen molar-refractivity contribution < 1.29 is 31.5 Å². The van der Waals surface area contributed by atoms with Crippen LogP contribution in [-0.2, 0) is 16.2 Å². The molecule has 1 aromatic carbocycles. The number of piperidine rings is 1. The van der Waals surface area contributed by atoms with Crippen LogP contribution in [0.3, 0.4) is 0 Å². The lowest BCUT2D eigenvalue weighted by Crippen LogP contribution is -2.30. The molecular formula is C17H18F3N3O4S. The Morgan fingerprint density at radius 1 is 1.14 bits per heavy atom. The summed E-state index contributed by atoms with van der Waals surface area (Å²) in [6.45, 7) is 1.21. The standard InChI is InChI=1S/C17H18F3N3O4S/c18-17(19,20)11-4-5-15(23-6-2-1-3-7-23)13(8-11)22-28(26,27)12-9-14(16(24)25)21-10-12/h4-5,8-10,21-22H,1-3,6-7H2,(H,24,25). The number of aromatic carboxylic acids is 1. The number of hydrogen-bond donors (Lipinski definition) is 3. The van der Waals surface area contributed by atoms with E-state index >= 15 is 0 Å². The molecule has 0 amide bonds. The summed E-state index contributed by atoms with van der Waals surface area (Å²) in [5.74, 6) is -1.35. The third kappa shape index (κ3) is 4.24. The van der Waals surface area contributed by atoms with E-state index < -0.39 is 27.7 Å². The van der Waals surface area contributed by atoms with E-state index in [4.69, 9.17) is 5.11 Å². The van der Waals surface area contributed by atoms with Crippen molar-refractivity contribution in [1.82, 2.24) is 4.98 Å². The van der Waals surface area contributed by atoms with Gasteiger partial charge in [0.2, 0.25) is 0 Å². The third-order valence-corrected chi connectivity index (χ3v) is 5.81. The molecule has 3 N–H and O–H groups in total. The smallest absolute Gasteiger partial charge is 0.416 e. The highest BCUT2D eigenvalue weighted by atomic mass is 32.2. The Morgan fingerprint density at radius 2 is 1.82 bits per heavy atom. The molecule has 0 saturated carbocycles. The number of rotatable bonds is 5. The van der Waals surface area contributed by atoms with E-state index in [1.165, 1.54) is 6.07 Å². The average molecular weight is 417 g/mol. The first-order valence-electron chi connectivity index (χ1n) is 8.49. The number of nitrogens with one attached hydrogen (secondary N) is 2. The second-order valence-electron chi connectivity index (χ2n) is 6.44. The number of carboxylic acids is 1. The third-order valence-electron chi connectivity index (χ3n) is 4.46. The zero-order valence-corrected chi connectivity index (χ0v) is 15.4. The van der Waals surface area contributed by atoms with Crippen molar-refractivity contribution >= 4 is 27.4 Å². The van der Waals surface area contributed by atoms with Crippen LogP contribution < -0.4 is 9.62 Å². The normalized spacial score (nSPS) is 15.5. The SMILES string of the molecule is O=C(O)c1cc(S(=O)(=O)Nc2cc(C(F)(F)F)ccc2N2CCCCC2)c[nH]1. The Bertz CT molecular complexity index is 980. The van der Waals surface area contributed by atoms with Crippen molar-refractivity contribution in [3.8, 4) is 0 Å². The van der Waals surface area contributed by atoms with Crippen molar-refractivity contribution in [3.63, 3.8) is 0 Å². The average Bonchev–Trinajstić information content (AvgIpc) is 3.13. The fraction of sp³-hybridized carbons (Fsp3) is 0.353. The van der Waals surface area contributed by atoms with Crippen LogP contribution in [0.1, 0.15) is 35.3 Å². The van der Waals surface area contributed by atoms with Crippen LogP contribution in [-0.4, -0.2) is 37.6 Å². The Labute approximate surface area is 159 Å². The fourth-order valence-electron chi connectivity index (χ4n) is 3.06. The number of aromatic nitrogens is 1. The molecular weight excluding hydrogens is 399 g/mol. The largest absolute Gasteiger partial charge is 0.477 e. The molecule has 1 saturated heterocycles. The Hall–Kier alpha value is -2.69. The molecule has 1 aliphatic rings. The highest BCUT2D eigenvalue weighted by Crippen LogP contribution is 2.37. The quantitative estimate of drug-likeness (QED) is 0.691. The summed E-state index contributed by atoms with van der Waals surface area (Å²) in [6, 6.07) is 3.83. The van der Waals surface area contributed by atoms with E-state index in [1.54, 1.807) is 0 Å². The lowest BCUT2D eigenvalue weighted by Gasteiger charge is -2.31. The van der Waals surface area contributed by atoms with Gasteiger partial charge in [0, 0.05) is 19.3 Å². The topological polar surface area (TPSA) is 102 Å². The number of halogens is 3. The highest BCUT2D eigenvalue weighted by Gasteiger charge is 2.32. The van der Waals surface area contributed by atoms with Gasteiger partial charge >= 0.3 is 12.1 Å². The molecule has 0 atom stereocenters. The lowest BCUT2D eigenvalue weighted by atomic mass is 10.1. The number of hydrogen-bond acceptors (Lipinski definition) is 4. The molecule has 11 heteroatoms. The molecule has 2 aromatic rings. The summed E-state index contributed by atoms with van der Waals surface area (Å²) >= 11 is 0. The van der Waals surface area contributed by atoms with Gasteiger partial charge in [0.25, 0.3) is 10.0 Å². The van der Waals surface area contributed by atoms with Crippen LogP contribution in [0.15, 0.2) is 35.4 Å². The minimum Gasteiger partial charge on any atom is -0.477 e. The van der Waals surface area contributed by atoms with Crippen LogP contribution in [0.25, 0.3) is 0 Å². The Balaban J connectivity index is 2.00. The Morgan fingerprint density at radius 3 is 2.39 bits per heavy atom. The van der Waals surface area contributed by atoms with Gasteiger partial charge in [0.15, 0.2) is 0 Å². The molecule has 0 aliphatic carbocycles. The minimum absolute atomic E-state index is 0.199. The van der Waals surface area contributed by atoms with Crippen molar-refractivity contribution in [3.05, 3.63) is 41.7 Å². The van der Waals surface area contributed by atoms with Crippen molar-refractivity contribution in [2.75, 3.05) is 22.7 Å². The molecule has 2 heterocycles. The molecule has 0 radical (unpaired) electrons.